The van der Waals surface area contributed by atoms with E-state index in [-0.39, 0.29) is 36.2 Å². The van der Waals surface area contributed by atoms with Crippen molar-refractivity contribution in [2.45, 2.75) is 24.4 Å². The van der Waals surface area contributed by atoms with Crippen LogP contribution in [0.15, 0.2) is 18.2 Å². The van der Waals surface area contributed by atoms with Crippen molar-refractivity contribution in [1.29, 1.82) is 0 Å². The monoisotopic (exact) mass is 325 g/mol. The lowest BCUT2D eigenvalue weighted by Crippen LogP contribution is -2.04. The third kappa shape index (κ3) is 1.40. The molecule has 0 aliphatic carbocycles. The zero-order valence-electron chi connectivity index (χ0n) is 10.5. The maximum atomic E-state index is 10.5. The number of aromatic hydroxyl groups is 2. The summed E-state index contributed by atoms with van der Waals surface area (Å²) in [5.41, 5.74) is 1.71. The molecule has 0 saturated carbocycles. The maximum Gasteiger partial charge on any atom is 0.205 e. The summed E-state index contributed by atoms with van der Waals surface area (Å²) in [5, 5.41) is 21.9. The quantitative estimate of drug-likeness (QED) is 0.791. The molecule has 2 bridgehead atoms. The van der Waals surface area contributed by atoms with E-state index in [4.69, 9.17) is 32.7 Å². The highest BCUT2D eigenvalue weighted by Crippen LogP contribution is 2.65. The van der Waals surface area contributed by atoms with Gasteiger partial charge in [0.15, 0.2) is 0 Å². The minimum atomic E-state index is -0.309. The molecule has 2 N–H and O–H groups in total. The van der Waals surface area contributed by atoms with Gasteiger partial charge in [-0.15, -0.1) is 0 Å². The predicted molar refractivity (Wildman–Crippen MR) is 74.3 cm³/mol. The molecule has 3 aliphatic heterocycles. The zero-order valence-corrected chi connectivity index (χ0v) is 12.0. The lowest BCUT2D eigenvalue weighted by Gasteiger charge is -2.12. The molecule has 2 saturated heterocycles. The summed E-state index contributed by atoms with van der Waals surface area (Å²) in [6.07, 6.45) is -0.633. The molecule has 2 aromatic rings. The highest BCUT2D eigenvalue weighted by Gasteiger charge is 2.66. The first-order chi connectivity index (χ1) is 10.1. The van der Waals surface area contributed by atoms with Gasteiger partial charge in [0.05, 0.1) is 16.8 Å². The van der Waals surface area contributed by atoms with Crippen molar-refractivity contribution in [3.8, 4) is 17.4 Å². The van der Waals surface area contributed by atoms with Gasteiger partial charge in [0.2, 0.25) is 11.8 Å². The van der Waals surface area contributed by atoms with Gasteiger partial charge in [-0.1, -0.05) is 23.2 Å². The van der Waals surface area contributed by atoms with Gasteiger partial charge >= 0.3 is 0 Å². The first kappa shape index (κ1) is 12.2. The molecule has 1 aromatic heterocycles. The Kier molecular flexibility index (Phi) is 2.13. The van der Waals surface area contributed by atoms with E-state index in [1.165, 1.54) is 4.57 Å². The van der Waals surface area contributed by atoms with Crippen molar-refractivity contribution in [2.75, 3.05) is 0 Å². The Morgan fingerprint density at radius 1 is 0.857 bits per heavy atom. The fraction of sp³-hybridized carbons (Fsp3) is 0.286. The molecular formula is C14H9Cl2NO4. The lowest BCUT2D eigenvalue weighted by molar-refractivity contribution is -0.0113. The minimum Gasteiger partial charge on any atom is -0.494 e. The average molecular weight is 326 g/mol. The predicted octanol–water partition coefficient (Wildman–Crippen LogP) is 3.09. The highest BCUT2D eigenvalue weighted by molar-refractivity contribution is 6.34. The van der Waals surface area contributed by atoms with E-state index in [9.17, 15) is 10.2 Å². The van der Waals surface area contributed by atoms with Gasteiger partial charge in [-0.3, -0.25) is 4.57 Å². The second kappa shape index (κ2) is 3.67. The second-order valence-corrected chi connectivity index (χ2v) is 6.35. The Labute approximate surface area is 129 Å². The number of hydrogen-bond acceptors (Lipinski definition) is 4. The molecule has 1 aromatic carbocycles. The van der Waals surface area contributed by atoms with Gasteiger partial charge in [0, 0.05) is 10.0 Å². The third-order valence-corrected chi connectivity index (χ3v) is 4.76. The maximum absolute atomic E-state index is 10.5. The number of epoxide rings is 1. The van der Waals surface area contributed by atoms with Crippen LogP contribution in [0.3, 0.4) is 0 Å². The standard InChI is InChI=1S/C14H9Cl2NO4/c15-4-1-5(16)3-6(2-4)17-13(18)7-8(14(17)19)10-12-11(21-12)9(7)20-10/h1-3,9-12,18-19H/t9?,10?,11-,12+. The van der Waals surface area contributed by atoms with Crippen molar-refractivity contribution in [3.05, 3.63) is 39.4 Å². The van der Waals surface area contributed by atoms with Crippen LogP contribution in [0.4, 0.5) is 0 Å². The fourth-order valence-corrected chi connectivity index (χ4v) is 3.97. The topological polar surface area (TPSA) is 67.2 Å². The highest BCUT2D eigenvalue weighted by atomic mass is 35.5. The largest absolute Gasteiger partial charge is 0.494 e. The van der Waals surface area contributed by atoms with Gasteiger partial charge in [0.1, 0.15) is 24.4 Å². The van der Waals surface area contributed by atoms with Gasteiger partial charge in [-0.05, 0) is 18.2 Å². The van der Waals surface area contributed by atoms with E-state index in [0.717, 1.165) is 0 Å². The lowest BCUT2D eigenvalue weighted by atomic mass is 9.95. The second-order valence-electron chi connectivity index (χ2n) is 5.48. The van der Waals surface area contributed by atoms with E-state index in [1.807, 2.05) is 0 Å². The van der Waals surface area contributed by atoms with E-state index in [1.54, 1.807) is 18.2 Å². The Balaban J connectivity index is 1.75. The van der Waals surface area contributed by atoms with Crippen LogP contribution in [0.25, 0.3) is 5.69 Å². The van der Waals surface area contributed by atoms with Crippen LogP contribution in [0, 0.1) is 0 Å². The normalized spacial score (nSPS) is 31.3. The van der Waals surface area contributed by atoms with Crippen LogP contribution in [-0.2, 0) is 9.47 Å². The van der Waals surface area contributed by atoms with Crippen LogP contribution in [0.5, 0.6) is 11.8 Å². The summed E-state index contributed by atoms with van der Waals surface area (Å²) in [6.45, 7) is 0. The first-order valence-electron chi connectivity index (χ1n) is 6.50. The number of fused-ring (bicyclic) bond motifs is 8. The van der Waals surface area contributed by atoms with E-state index < -0.39 is 0 Å². The van der Waals surface area contributed by atoms with Crippen molar-refractivity contribution in [3.63, 3.8) is 0 Å². The Bertz CT molecular complexity index is 745. The number of ether oxygens (including phenoxy) is 2. The summed E-state index contributed by atoms with van der Waals surface area (Å²) in [5.74, 6) is -0.107. The van der Waals surface area contributed by atoms with E-state index in [2.05, 4.69) is 0 Å². The van der Waals surface area contributed by atoms with Gasteiger partial charge in [0.25, 0.3) is 0 Å². The first-order valence-corrected chi connectivity index (χ1v) is 7.25. The van der Waals surface area contributed by atoms with Crippen LogP contribution in [0.2, 0.25) is 10.0 Å². The molecule has 4 atom stereocenters. The number of benzene rings is 1. The Morgan fingerprint density at radius 3 is 1.90 bits per heavy atom. The number of aromatic nitrogens is 1. The summed E-state index contributed by atoms with van der Waals surface area (Å²) in [4.78, 5) is 0. The summed E-state index contributed by atoms with van der Waals surface area (Å²) in [7, 11) is 0. The SMILES string of the molecule is Oc1c2c(c(O)n1-c1cc(Cl)cc(Cl)c1)C1OC2[C@H]2O[C@@H]12. The molecule has 4 heterocycles. The van der Waals surface area contributed by atoms with E-state index in [0.29, 0.717) is 26.9 Å². The van der Waals surface area contributed by atoms with Gasteiger partial charge in [-0.25, -0.2) is 0 Å². The van der Waals surface area contributed by atoms with Crippen molar-refractivity contribution < 1.29 is 19.7 Å². The summed E-state index contributed by atoms with van der Waals surface area (Å²) < 4.78 is 12.6. The number of nitrogens with zero attached hydrogens (tertiary/aromatic N) is 1. The molecule has 0 radical (unpaired) electrons. The molecule has 2 unspecified atom stereocenters. The molecule has 0 spiro atoms. The molecule has 0 amide bonds. The third-order valence-electron chi connectivity index (χ3n) is 4.32. The van der Waals surface area contributed by atoms with Crippen LogP contribution in [0.1, 0.15) is 23.3 Å². The Morgan fingerprint density at radius 2 is 1.38 bits per heavy atom. The van der Waals surface area contributed by atoms with Crippen LogP contribution in [-0.4, -0.2) is 27.0 Å². The molecule has 108 valence electrons. The number of rotatable bonds is 1. The molecule has 5 rings (SSSR count). The smallest absolute Gasteiger partial charge is 0.205 e. The van der Waals surface area contributed by atoms with Gasteiger partial charge < -0.3 is 19.7 Å². The molecule has 21 heavy (non-hydrogen) atoms. The van der Waals surface area contributed by atoms with Crippen molar-refractivity contribution in [2.24, 2.45) is 0 Å². The summed E-state index contributed by atoms with van der Waals surface area (Å²) >= 11 is 12.0. The Hall–Kier alpha value is -1.40. The average Bonchev–Trinajstić information content (AvgIpc) is 2.92. The van der Waals surface area contributed by atoms with Crippen LogP contribution < -0.4 is 0 Å². The van der Waals surface area contributed by atoms with Crippen molar-refractivity contribution >= 4 is 23.2 Å². The van der Waals surface area contributed by atoms with Crippen LogP contribution >= 0.6 is 23.2 Å². The summed E-state index contributed by atoms with van der Waals surface area (Å²) in [6, 6.07) is 4.85. The molecule has 5 nitrogen and oxygen atoms in total. The molecule has 7 heteroatoms. The molecule has 2 fully saturated rings. The number of halogens is 2. The fourth-order valence-electron chi connectivity index (χ4n) is 3.46. The van der Waals surface area contributed by atoms with Gasteiger partial charge in [-0.2, -0.15) is 0 Å². The molecule has 3 aliphatic rings. The minimum absolute atomic E-state index is 0.00778. The zero-order chi connectivity index (χ0) is 14.5. The molecular weight excluding hydrogens is 317 g/mol. The number of hydrogen-bond donors (Lipinski definition) is 2. The van der Waals surface area contributed by atoms with E-state index >= 15 is 0 Å². The van der Waals surface area contributed by atoms with Crippen molar-refractivity contribution in [1.82, 2.24) is 4.57 Å².